The number of hydrogen-bond donors (Lipinski definition) is 1. The zero-order chi connectivity index (χ0) is 12.2. The van der Waals surface area contributed by atoms with Crippen LogP contribution in [0.2, 0.25) is 0 Å². The molecule has 2 saturated carbocycles. The van der Waals surface area contributed by atoms with E-state index in [4.69, 9.17) is 0 Å². The first-order valence-corrected chi connectivity index (χ1v) is 8.35. The van der Waals surface area contributed by atoms with Gasteiger partial charge in [-0.05, 0) is 75.9 Å². The first-order chi connectivity index (χ1) is 8.92. The van der Waals surface area contributed by atoms with Crippen LogP contribution in [-0.4, -0.2) is 37.6 Å². The molecule has 0 aromatic rings. The molecule has 0 aromatic heterocycles. The maximum Gasteiger partial charge on any atom is 0.0107 e. The van der Waals surface area contributed by atoms with Crippen LogP contribution in [0.1, 0.15) is 51.4 Å². The van der Waals surface area contributed by atoms with Gasteiger partial charge in [0.25, 0.3) is 0 Å². The summed E-state index contributed by atoms with van der Waals surface area (Å²) < 4.78 is 0. The van der Waals surface area contributed by atoms with Gasteiger partial charge in [-0.15, -0.1) is 0 Å². The van der Waals surface area contributed by atoms with Crippen LogP contribution in [0.5, 0.6) is 0 Å². The molecule has 1 heterocycles. The van der Waals surface area contributed by atoms with Gasteiger partial charge < -0.3 is 10.2 Å². The fraction of sp³-hybridized carbons (Fsp3) is 1.00. The number of piperidine rings is 1. The number of hydrogen-bond acceptors (Lipinski definition) is 2. The van der Waals surface area contributed by atoms with Crippen LogP contribution in [0.4, 0.5) is 0 Å². The van der Waals surface area contributed by atoms with Gasteiger partial charge in [-0.3, -0.25) is 0 Å². The normalized spacial score (nSPS) is 36.3. The Bertz CT molecular complexity index is 247. The summed E-state index contributed by atoms with van der Waals surface area (Å²) in [6, 6.07) is 0. The smallest absolute Gasteiger partial charge is 0.0107 e. The quantitative estimate of drug-likeness (QED) is 0.729. The number of nitrogens with one attached hydrogen (secondary N) is 1. The number of nitrogens with zero attached hydrogens (tertiary/aromatic N) is 1. The molecule has 2 bridgehead atoms. The van der Waals surface area contributed by atoms with Crippen molar-refractivity contribution in [1.82, 2.24) is 10.2 Å². The SMILES string of the molecule is C1CCN(CCNCCC2CC3CCC2C3)CC1. The molecule has 2 nitrogen and oxygen atoms in total. The lowest BCUT2D eigenvalue weighted by Crippen LogP contribution is -2.36. The van der Waals surface area contributed by atoms with Crippen molar-refractivity contribution in [1.29, 1.82) is 0 Å². The number of rotatable bonds is 6. The molecule has 3 fully saturated rings. The minimum absolute atomic E-state index is 1.08. The third-order valence-electron chi connectivity index (χ3n) is 5.63. The molecule has 3 unspecified atom stereocenters. The molecule has 2 aliphatic carbocycles. The highest BCUT2D eigenvalue weighted by Gasteiger charge is 2.38. The van der Waals surface area contributed by atoms with Crippen molar-refractivity contribution in [3.63, 3.8) is 0 Å². The summed E-state index contributed by atoms with van der Waals surface area (Å²) in [4.78, 5) is 2.63. The zero-order valence-corrected chi connectivity index (χ0v) is 11.9. The fourth-order valence-corrected chi connectivity index (χ4v) is 4.56. The average Bonchev–Trinajstić information content (AvgIpc) is 3.02. The Kier molecular flexibility index (Phi) is 4.58. The van der Waals surface area contributed by atoms with Crippen molar-refractivity contribution in [3.05, 3.63) is 0 Å². The van der Waals surface area contributed by atoms with E-state index in [0.717, 1.165) is 17.8 Å². The predicted octanol–water partition coefficient (Wildman–Crippen LogP) is 2.89. The Hall–Kier alpha value is -0.0800. The van der Waals surface area contributed by atoms with E-state index in [1.54, 1.807) is 25.7 Å². The highest BCUT2D eigenvalue weighted by molar-refractivity contribution is 4.89. The predicted molar refractivity (Wildman–Crippen MR) is 76.7 cm³/mol. The molecule has 3 atom stereocenters. The first kappa shape index (κ1) is 12.9. The molecule has 0 spiro atoms. The Morgan fingerprint density at radius 2 is 1.83 bits per heavy atom. The monoisotopic (exact) mass is 250 g/mol. The maximum atomic E-state index is 3.68. The molecular formula is C16H30N2. The largest absolute Gasteiger partial charge is 0.315 e. The van der Waals surface area contributed by atoms with E-state index < -0.39 is 0 Å². The second kappa shape index (κ2) is 6.38. The Labute approximate surface area is 113 Å². The van der Waals surface area contributed by atoms with Gasteiger partial charge in [-0.1, -0.05) is 12.8 Å². The van der Waals surface area contributed by atoms with Crippen LogP contribution in [0.15, 0.2) is 0 Å². The highest BCUT2D eigenvalue weighted by atomic mass is 15.1. The lowest BCUT2D eigenvalue weighted by atomic mass is 9.86. The molecule has 3 rings (SSSR count). The molecule has 3 aliphatic rings. The van der Waals surface area contributed by atoms with Gasteiger partial charge in [0.05, 0.1) is 0 Å². The summed E-state index contributed by atoms with van der Waals surface area (Å²) in [6.45, 7) is 6.43. The van der Waals surface area contributed by atoms with Crippen molar-refractivity contribution in [3.8, 4) is 0 Å². The lowest BCUT2D eigenvalue weighted by Gasteiger charge is -2.26. The summed E-state index contributed by atoms with van der Waals surface area (Å²) in [5.41, 5.74) is 0. The number of likely N-dealkylation sites (tertiary alicyclic amines) is 1. The maximum absolute atomic E-state index is 3.68. The van der Waals surface area contributed by atoms with E-state index in [1.165, 1.54) is 58.4 Å². The zero-order valence-electron chi connectivity index (χ0n) is 11.9. The van der Waals surface area contributed by atoms with Crippen molar-refractivity contribution in [2.45, 2.75) is 51.4 Å². The highest BCUT2D eigenvalue weighted by Crippen LogP contribution is 2.49. The van der Waals surface area contributed by atoms with E-state index in [2.05, 4.69) is 10.2 Å². The minimum Gasteiger partial charge on any atom is -0.315 e. The van der Waals surface area contributed by atoms with Crippen molar-refractivity contribution >= 4 is 0 Å². The van der Waals surface area contributed by atoms with E-state index in [1.807, 2.05) is 0 Å². The third kappa shape index (κ3) is 3.27. The van der Waals surface area contributed by atoms with Crippen molar-refractivity contribution in [2.75, 3.05) is 32.7 Å². The summed E-state index contributed by atoms with van der Waals surface area (Å²) in [5.74, 6) is 3.30. The van der Waals surface area contributed by atoms with Gasteiger partial charge in [-0.2, -0.15) is 0 Å². The second-order valence-electron chi connectivity index (χ2n) is 6.88. The van der Waals surface area contributed by atoms with E-state index >= 15 is 0 Å². The molecule has 0 aromatic carbocycles. The molecule has 104 valence electrons. The number of fused-ring (bicyclic) bond motifs is 2. The molecule has 1 aliphatic heterocycles. The van der Waals surface area contributed by atoms with Crippen molar-refractivity contribution in [2.24, 2.45) is 17.8 Å². The van der Waals surface area contributed by atoms with Gasteiger partial charge in [0.2, 0.25) is 0 Å². The molecule has 1 saturated heterocycles. The van der Waals surface area contributed by atoms with Crippen LogP contribution in [-0.2, 0) is 0 Å². The fourth-order valence-electron chi connectivity index (χ4n) is 4.56. The Morgan fingerprint density at radius 1 is 0.944 bits per heavy atom. The standard InChI is InChI=1S/C16H30N2/c1-2-9-18(10-3-1)11-8-17-7-6-16-13-14-4-5-15(16)12-14/h14-17H,1-13H2. The summed E-state index contributed by atoms with van der Waals surface area (Å²) in [5, 5.41) is 3.68. The van der Waals surface area contributed by atoms with Gasteiger partial charge >= 0.3 is 0 Å². The van der Waals surface area contributed by atoms with Crippen LogP contribution in [0, 0.1) is 17.8 Å². The molecule has 0 amide bonds. The summed E-state index contributed by atoms with van der Waals surface area (Å²) >= 11 is 0. The molecule has 0 radical (unpaired) electrons. The van der Waals surface area contributed by atoms with Crippen molar-refractivity contribution < 1.29 is 0 Å². The topological polar surface area (TPSA) is 15.3 Å². The summed E-state index contributed by atoms with van der Waals surface area (Å²) in [7, 11) is 0. The molecule has 1 N–H and O–H groups in total. The average molecular weight is 250 g/mol. The first-order valence-electron chi connectivity index (χ1n) is 8.35. The van der Waals surface area contributed by atoms with Crippen LogP contribution in [0.25, 0.3) is 0 Å². The van der Waals surface area contributed by atoms with Gasteiger partial charge in [0.15, 0.2) is 0 Å². The van der Waals surface area contributed by atoms with Crippen LogP contribution >= 0.6 is 0 Å². The Balaban J connectivity index is 1.22. The van der Waals surface area contributed by atoms with E-state index in [9.17, 15) is 0 Å². The Morgan fingerprint density at radius 3 is 2.56 bits per heavy atom. The molecule has 2 heteroatoms. The van der Waals surface area contributed by atoms with Crippen LogP contribution in [0.3, 0.4) is 0 Å². The van der Waals surface area contributed by atoms with Crippen LogP contribution < -0.4 is 5.32 Å². The van der Waals surface area contributed by atoms with Gasteiger partial charge in [0, 0.05) is 13.1 Å². The van der Waals surface area contributed by atoms with Gasteiger partial charge in [-0.25, -0.2) is 0 Å². The van der Waals surface area contributed by atoms with E-state index in [-0.39, 0.29) is 0 Å². The minimum atomic E-state index is 1.08. The summed E-state index contributed by atoms with van der Waals surface area (Å²) in [6.07, 6.45) is 12.0. The van der Waals surface area contributed by atoms with Gasteiger partial charge in [0.1, 0.15) is 0 Å². The second-order valence-corrected chi connectivity index (χ2v) is 6.88. The lowest BCUT2D eigenvalue weighted by molar-refractivity contribution is 0.227. The molecular weight excluding hydrogens is 220 g/mol. The third-order valence-corrected chi connectivity index (χ3v) is 5.63. The molecule has 18 heavy (non-hydrogen) atoms. The van der Waals surface area contributed by atoms with E-state index in [0.29, 0.717) is 0 Å².